The van der Waals surface area contributed by atoms with E-state index in [0.29, 0.717) is 28.6 Å². The van der Waals surface area contributed by atoms with Crippen molar-refractivity contribution >= 4 is 40.7 Å². The molecule has 1 aliphatic heterocycles. The van der Waals surface area contributed by atoms with E-state index in [4.69, 9.17) is 23.2 Å². The monoisotopic (exact) mass is 312 g/mol. The summed E-state index contributed by atoms with van der Waals surface area (Å²) in [6.45, 7) is 0.0263. The standard InChI is InChI=1S/C14H14Cl2N2O2/c15-10-4-3-9(7-11(10)16)18-8-12(19)17-14(13(18)20)5-1-2-6-14/h3-4,7H,1-2,5-6,8H2,(H,17,19). The zero-order chi connectivity index (χ0) is 14.3. The van der Waals surface area contributed by atoms with Crippen molar-refractivity contribution in [3.05, 3.63) is 28.2 Å². The van der Waals surface area contributed by atoms with E-state index >= 15 is 0 Å². The van der Waals surface area contributed by atoms with Crippen molar-refractivity contribution in [1.29, 1.82) is 0 Å². The van der Waals surface area contributed by atoms with Crippen LogP contribution in [0.15, 0.2) is 18.2 Å². The first kappa shape index (κ1) is 13.7. The second-order valence-electron chi connectivity index (χ2n) is 5.33. The van der Waals surface area contributed by atoms with Crippen LogP contribution >= 0.6 is 23.2 Å². The molecule has 0 atom stereocenters. The summed E-state index contributed by atoms with van der Waals surface area (Å²) < 4.78 is 0. The predicted octanol–water partition coefficient (Wildman–Crippen LogP) is 2.77. The van der Waals surface area contributed by atoms with Gasteiger partial charge in [0.1, 0.15) is 12.1 Å². The minimum Gasteiger partial charge on any atom is -0.340 e. The Morgan fingerprint density at radius 3 is 2.45 bits per heavy atom. The highest BCUT2D eigenvalue weighted by atomic mass is 35.5. The van der Waals surface area contributed by atoms with E-state index in [1.807, 2.05) is 0 Å². The first-order valence-corrected chi connectivity index (χ1v) is 7.35. The molecule has 1 N–H and O–H groups in total. The molecule has 2 aliphatic rings. The lowest BCUT2D eigenvalue weighted by Crippen LogP contribution is -2.65. The SMILES string of the molecule is O=C1CN(c2ccc(Cl)c(Cl)c2)C(=O)C2(CCCC2)N1. The largest absolute Gasteiger partial charge is 0.340 e. The maximum absolute atomic E-state index is 12.7. The molecule has 1 saturated carbocycles. The average Bonchev–Trinajstić information content (AvgIpc) is 2.86. The number of halogens is 2. The fourth-order valence-corrected chi connectivity index (χ4v) is 3.30. The number of nitrogens with one attached hydrogen (secondary N) is 1. The lowest BCUT2D eigenvalue weighted by molar-refractivity contribution is -0.135. The van der Waals surface area contributed by atoms with Gasteiger partial charge < -0.3 is 10.2 Å². The Hall–Kier alpha value is -1.26. The molecule has 1 saturated heterocycles. The van der Waals surface area contributed by atoms with Gasteiger partial charge in [-0.3, -0.25) is 9.59 Å². The van der Waals surface area contributed by atoms with Crippen LogP contribution in [-0.2, 0) is 9.59 Å². The van der Waals surface area contributed by atoms with Crippen molar-refractivity contribution in [1.82, 2.24) is 5.32 Å². The number of nitrogens with zero attached hydrogens (tertiary/aromatic N) is 1. The normalized spacial score (nSPS) is 21.4. The first-order chi connectivity index (χ1) is 9.52. The Bertz CT molecular complexity index is 583. The minimum atomic E-state index is -0.721. The van der Waals surface area contributed by atoms with Gasteiger partial charge in [0.15, 0.2) is 0 Å². The van der Waals surface area contributed by atoms with E-state index in [1.54, 1.807) is 18.2 Å². The van der Waals surface area contributed by atoms with E-state index < -0.39 is 5.54 Å². The summed E-state index contributed by atoms with van der Waals surface area (Å²) in [5.41, 5.74) is -0.105. The molecule has 2 fully saturated rings. The molecule has 0 aromatic heterocycles. The number of anilines is 1. The highest BCUT2D eigenvalue weighted by molar-refractivity contribution is 6.42. The van der Waals surface area contributed by atoms with Crippen LogP contribution in [0.5, 0.6) is 0 Å². The molecule has 3 rings (SSSR count). The van der Waals surface area contributed by atoms with E-state index in [-0.39, 0.29) is 18.4 Å². The van der Waals surface area contributed by atoms with Crippen molar-refractivity contribution in [2.45, 2.75) is 31.2 Å². The van der Waals surface area contributed by atoms with Crippen LogP contribution in [0.4, 0.5) is 5.69 Å². The van der Waals surface area contributed by atoms with Crippen LogP contribution in [0.2, 0.25) is 10.0 Å². The topological polar surface area (TPSA) is 49.4 Å². The number of benzene rings is 1. The molecule has 0 bridgehead atoms. The van der Waals surface area contributed by atoms with E-state index in [0.717, 1.165) is 12.8 Å². The van der Waals surface area contributed by atoms with Gasteiger partial charge in [0.25, 0.3) is 5.91 Å². The Labute approximate surface area is 127 Å². The quantitative estimate of drug-likeness (QED) is 0.867. The molecular weight excluding hydrogens is 299 g/mol. The van der Waals surface area contributed by atoms with Crippen molar-refractivity contribution in [2.75, 3.05) is 11.4 Å². The smallest absolute Gasteiger partial charge is 0.253 e. The molecule has 4 nitrogen and oxygen atoms in total. The average molecular weight is 313 g/mol. The van der Waals surface area contributed by atoms with Crippen molar-refractivity contribution < 1.29 is 9.59 Å². The maximum atomic E-state index is 12.7. The highest BCUT2D eigenvalue weighted by Gasteiger charge is 2.48. The second-order valence-corrected chi connectivity index (χ2v) is 6.14. The Morgan fingerprint density at radius 1 is 1.10 bits per heavy atom. The third kappa shape index (κ3) is 2.17. The van der Waals surface area contributed by atoms with Crippen molar-refractivity contribution in [3.63, 3.8) is 0 Å². The van der Waals surface area contributed by atoms with Crippen molar-refractivity contribution in [2.24, 2.45) is 0 Å². The van der Waals surface area contributed by atoms with Crippen LogP contribution < -0.4 is 10.2 Å². The summed E-state index contributed by atoms with van der Waals surface area (Å²) >= 11 is 11.9. The van der Waals surface area contributed by atoms with Crippen LogP contribution in [0, 0.1) is 0 Å². The van der Waals surface area contributed by atoms with Gasteiger partial charge in [0, 0.05) is 5.69 Å². The summed E-state index contributed by atoms with van der Waals surface area (Å²) in [7, 11) is 0. The molecule has 6 heteroatoms. The van der Waals surface area contributed by atoms with Gasteiger partial charge in [-0.25, -0.2) is 0 Å². The predicted molar refractivity (Wildman–Crippen MR) is 78.2 cm³/mol. The summed E-state index contributed by atoms with van der Waals surface area (Å²) in [5.74, 6) is -0.175. The lowest BCUT2D eigenvalue weighted by atomic mass is 9.92. The molecule has 1 spiro atoms. The van der Waals surface area contributed by atoms with E-state index in [1.165, 1.54) is 4.90 Å². The van der Waals surface area contributed by atoms with Gasteiger partial charge >= 0.3 is 0 Å². The third-order valence-electron chi connectivity index (χ3n) is 4.01. The van der Waals surface area contributed by atoms with Crippen LogP contribution in [0.25, 0.3) is 0 Å². The van der Waals surface area contributed by atoms with E-state index in [9.17, 15) is 9.59 Å². The number of hydrogen-bond donors (Lipinski definition) is 1. The molecule has 1 aliphatic carbocycles. The molecule has 0 unspecified atom stereocenters. The number of rotatable bonds is 1. The summed E-state index contributed by atoms with van der Waals surface area (Å²) in [5, 5.41) is 3.69. The van der Waals surface area contributed by atoms with E-state index in [2.05, 4.69) is 5.32 Å². The first-order valence-electron chi connectivity index (χ1n) is 6.60. The number of carbonyl (C=O) groups excluding carboxylic acids is 2. The number of hydrogen-bond acceptors (Lipinski definition) is 2. The fraction of sp³-hybridized carbons (Fsp3) is 0.429. The third-order valence-corrected chi connectivity index (χ3v) is 4.75. The molecular formula is C14H14Cl2N2O2. The van der Waals surface area contributed by atoms with Gasteiger partial charge in [-0.15, -0.1) is 0 Å². The van der Waals surface area contributed by atoms with Crippen LogP contribution in [-0.4, -0.2) is 23.9 Å². The second kappa shape index (κ2) is 4.93. The molecule has 2 amide bonds. The Kier molecular flexibility index (Phi) is 3.38. The zero-order valence-corrected chi connectivity index (χ0v) is 12.3. The molecule has 1 aromatic carbocycles. The van der Waals surface area contributed by atoms with Gasteiger partial charge in [-0.1, -0.05) is 36.0 Å². The summed E-state index contributed by atoms with van der Waals surface area (Å²) in [6.07, 6.45) is 3.33. The van der Waals surface area contributed by atoms with Crippen LogP contribution in [0.3, 0.4) is 0 Å². The van der Waals surface area contributed by atoms with Crippen molar-refractivity contribution in [3.8, 4) is 0 Å². The van der Waals surface area contributed by atoms with Gasteiger partial charge in [-0.05, 0) is 31.0 Å². The molecule has 20 heavy (non-hydrogen) atoms. The molecule has 106 valence electrons. The highest BCUT2D eigenvalue weighted by Crippen LogP contribution is 2.36. The summed E-state index contributed by atoms with van der Waals surface area (Å²) in [6, 6.07) is 4.98. The number of amides is 2. The maximum Gasteiger partial charge on any atom is 0.253 e. The Balaban J connectivity index is 1.97. The molecule has 0 radical (unpaired) electrons. The number of carbonyl (C=O) groups is 2. The molecule has 1 heterocycles. The fourth-order valence-electron chi connectivity index (χ4n) is 3.01. The number of piperazine rings is 1. The van der Waals surface area contributed by atoms with Gasteiger partial charge in [0.2, 0.25) is 5.91 Å². The van der Waals surface area contributed by atoms with Gasteiger partial charge in [-0.2, -0.15) is 0 Å². The van der Waals surface area contributed by atoms with Gasteiger partial charge in [0.05, 0.1) is 10.0 Å². The lowest BCUT2D eigenvalue weighted by Gasteiger charge is -2.39. The summed E-state index contributed by atoms with van der Waals surface area (Å²) in [4.78, 5) is 26.2. The van der Waals surface area contributed by atoms with Crippen LogP contribution in [0.1, 0.15) is 25.7 Å². The Morgan fingerprint density at radius 2 is 1.80 bits per heavy atom. The zero-order valence-electron chi connectivity index (χ0n) is 10.8. The molecule has 1 aromatic rings. The minimum absolute atomic E-state index is 0.0263.